The fourth-order valence-electron chi connectivity index (χ4n) is 5.96. The maximum Gasteiger partial charge on any atom is 0.220 e. The molecular formula is C33H45N3O7. The molecule has 0 spiro atoms. The Bertz CT molecular complexity index is 1340. The first-order valence-corrected chi connectivity index (χ1v) is 15.2. The van der Waals surface area contributed by atoms with E-state index in [4.69, 9.17) is 18.9 Å². The number of hydrogen-bond acceptors (Lipinski definition) is 8. The number of carbonyl (C=O) groups excluding carboxylic acids is 2. The smallest absolute Gasteiger partial charge is 0.220 e. The maximum absolute atomic E-state index is 13.4. The molecule has 10 heteroatoms. The Labute approximate surface area is 253 Å². The van der Waals surface area contributed by atoms with Gasteiger partial charge in [0.1, 0.15) is 0 Å². The topological polar surface area (TPSA) is 124 Å². The molecule has 3 N–H and O–H groups in total. The van der Waals surface area contributed by atoms with Crippen molar-refractivity contribution in [2.24, 2.45) is 5.92 Å². The van der Waals surface area contributed by atoms with Crippen LogP contribution < -0.4 is 35.6 Å². The van der Waals surface area contributed by atoms with Crippen LogP contribution in [0, 0.1) is 5.92 Å². The molecule has 1 aliphatic heterocycles. The van der Waals surface area contributed by atoms with E-state index in [0.717, 1.165) is 74.1 Å². The average molecular weight is 596 g/mol. The summed E-state index contributed by atoms with van der Waals surface area (Å²) in [5.41, 5.74) is 3.63. The monoisotopic (exact) mass is 595 g/mol. The number of ether oxygens (including phenoxy) is 4. The van der Waals surface area contributed by atoms with Gasteiger partial charge in [-0.3, -0.25) is 14.4 Å². The number of methoxy groups -OCH3 is 3. The number of unbranched alkanes of at least 4 members (excludes halogenated alkanes) is 2. The number of aryl methyl sites for hydroxylation is 1. The number of nitrogens with one attached hydrogen (secondary N) is 3. The highest BCUT2D eigenvalue weighted by atomic mass is 16.5. The number of fused-ring (bicyclic) bond motifs is 3. The number of rotatable bonds is 13. The lowest BCUT2D eigenvalue weighted by atomic mass is 9.95. The van der Waals surface area contributed by atoms with Crippen molar-refractivity contribution < 1.29 is 28.5 Å². The summed E-state index contributed by atoms with van der Waals surface area (Å²) in [6.07, 6.45) is 6.25. The Kier molecular flexibility index (Phi) is 11.7. The van der Waals surface area contributed by atoms with Crippen molar-refractivity contribution in [3.63, 3.8) is 0 Å². The quantitative estimate of drug-likeness (QED) is 0.292. The molecule has 2 aromatic carbocycles. The predicted octanol–water partition coefficient (Wildman–Crippen LogP) is 4.38. The first-order valence-electron chi connectivity index (χ1n) is 15.2. The van der Waals surface area contributed by atoms with E-state index in [0.29, 0.717) is 54.7 Å². The van der Waals surface area contributed by atoms with E-state index in [2.05, 4.69) is 16.0 Å². The molecule has 10 nitrogen and oxygen atoms in total. The number of anilines is 1. The van der Waals surface area contributed by atoms with E-state index in [9.17, 15) is 14.4 Å². The van der Waals surface area contributed by atoms with Gasteiger partial charge < -0.3 is 34.9 Å². The fourth-order valence-corrected chi connectivity index (χ4v) is 5.96. The third-order valence-electron chi connectivity index (χ3n) is 8.24. The van der Waals surface area contributed by atoms with Crippen molar-refractivity contribution in [3.05, 3.63) is 45.6 Å². The number of benzene rings is 1. The van der Waals surface area contributed by atoms with Gasteiger partial charge >= 0.3 is 0 Å². The first-order chi connectivity index (χ1) is 20.9. The molecule has 0 radical (unpaired) electrons. The van der Waals surface area contributed by atoms with Crippen LogP contribution in [0.2, 0.25) is 0 Å². The zero-order valence-electron chi connectivity index (χ0n) is 25.8. The minimum atomic E-state index is -0.355. The van der Waals surface area contributed by atoms with Crippen molar-refractivity contribution >= 4 is 17.5 Å². The molecule has 2 aliphatic rings. The van der Waals surface area contributed by atoms with Crippen LogP contribution in [0.25, 0.3) is 11.1 Å². The molecule has 0 unspecified atom stereocenters. The second-order valence-corrected chi connectivity index (χ2v) is 11.2. The molecule has 1 atom stereocenters. The summed E-state index contributed by atoms with van der Waals surface area (Å²) in [4.78, 5) is 37.8. The molecule has 4 rings (SSSR count). The van der Waals surface area contributed by atoms with Crippen molar-refractivity contribution in [2.45, 2.75) is 64.3 Å². The van der Waals surface area contributed by atoms with Crippen LogP contribution in [-0.2, 0) is 20.7 Å². The third kappa shape index (κ3) is 8.19. The van der Waals surface area contributed by atoms with E-state index >= 15 is 0 Å². The molecule has 234 valence electrons. The SMILES string of the molecule is COc1cc2c(c(OC)c1OC)-c1ccc(NCCCCCC(=O)NCC3CCOCC3)c(=O)cc1[C@H](NC(C)=O)CC2. The normalized spacial score (nSPS) is 16.2. The molecule has 43 heavy (non-hydrogen) atoms. The summed E-state index contributed by atoms with van der Waals surface area (Å²) in [6.45, 7) is 4.37. The van der Waals surface area contributed by atoms with Gasteiger partial charge in [-0.2, -0.15) is 0 Å². The minimum absolute atomic E-state index is 0.0940. The largest absolute Gasteiger partial charge is 0.493 e. The first kappa shape index (κ1) is 32.1. The standard InChI is InChI=1S/C33H45N3O7/c1-21(37)36-26-11-9-23-18-29(40-2)32(41-3)33(42-4)31(23)24-10-12-27(28(38)19-25(24)26)34-15-7-5-6-8-30(39)35-20-22-13-16-43-17-14-22/h10,12,18-19,22,26H,5-9,11,13-17,20H2,1-4H3,(H,34,38)(H,35,39)(H,36,37)/t26-/m1/s1. The van der Waals surface area contributed by atoms with E-state index in [-0.39, 0.29) is 23.3 Å². The fraction of sp³-hybridized carbons (Fsp3) is 0.545. The van der Waals surface area contributed by atoms with Crippen LogP contribution in [0.4, 0.5) is 5.69 Å². The van der Waals surface area contributed by atoms with Crippen LogP contribution in [0.15, 0.2) is 29.1 Å². The minimum Gasteiger partial charge on any atom is -0.493 e. The van der Waals surface area contributed by atoms with Crippen molar-refractivity contribution in [2.75, 3.05) is 52.9 Å². The van der Waals surface area contributed by atoms with Crippen LogP contribution >= 0.6 is 0 Å². The lowest BCUT2D eigenvalue weighted by Gasteiger charge is -2.22. The van der Waals surface area contributed by atoms with Gasteiger partial charge in [0.15, 0.2) is 11.5 Å². The predicted molar refractivity (Wildman–Crippen MR) is 166 cm³/mol. The number of carbonyl (C=O) groups is 2. The molecule has 1 aliphatic carbocycles. The van der Waals surface area contributed by atoms with Gasteiger partial charge in [0.2, 0.25) is 23.0 Å². The lowest BCUT2D eigenvalue weighted by Crippen LogP contribution is -2.31. The zero-order chi connectivity index (χ0) is 30.8. The molecule has 1 fully saturated rings. The van der Waals surface area contributed by atoms with Gasteiger partial charge in [0.05, 0.1) is 33.1 Å². The summed E-state index contributed by atoms with van der Waals surface area (Å²) >= 11 is 0. The number of amides is 2. The van der Waals surface area contributed by atoms with Gasteiger partial charge in [-0.25, -0.2) is 0 Å². The highest BCUT2D eigenvalue weighted by Gasteiger charge is 2.29. The van der Waals surface area contributed by atoms with Crippen molar-refractivity contribution in [1.29, 1.82) is 0 Å². The summed E-state index contributed by atoms with van der Waals surface area (Å²) in [6, 6.07) is 6.90. The van der Waals surface area contributed by atoms with E-state index in [1.54, 1.807) is 33.5 Å². The Morgan fingerprint density at radius 2 is 1.72 bits per heavy atom. The molecule has 1 saturated heterocycles. The molecule has 1 heterocycles. The Hall–Kier alpha value is -3.79. The Balaban J connectivity index is 1.47. The van der Waals surface area contributed by atoms with Gasteiger partial charge in [0, 0.05) is 45.2 Å². The molecule has 2 amide bonds. The van der Waals surface area contributed by atoms with Crippen LogP contribution in [0.5, 0.6) is 17.2 Å². The van der Waals surface area contributed by atoms with E-state index in [1.165, 1.54) is 6.92 Å². The van der Waals surface area contributed by atoms with Crippen LogP contribution in [-0.4, -0.2) is 59.4 Å². The van der Waals surface area contributed by atoms with Gasteiger partial charge in [-0.15, -0.1) is 0 Å². The third-order valence-corrected chi connectivity index (χ3v) is 8.24. The van der Waals surface area contributed by atoms with Gasteiger partial charge in [-0.05, 0) is 79.3 Å². The molecule has 0 aromatic heterocycles. The van der Waals surface area contributed by atoms with Crippen molar-refractivity contribution in [1.82, 2.24) is 10.6 Å². The molecule has 0 bridgehead atoms. The van der Waals surface area contributed by atoms with E-state index in [1.807, 2.05) is 12.1 Å². The maximum atomic E-state index is 13.4. The number of hydrogen-bond donors (Lipinski definition) is 3. The van der Waals surface area contributed by atoms with Gasteiger partial charge in [-0.1, -0.05) is 12.5 Å². The highest BCUT2D eigenvalue weighted by molar-refractivity contribution is 5.83. The summed E-state index contributed by atoms with van der Waals surface area (Å²) in [5.74, 6) is 1.99. The van der Waals surface area contributed by atoms with Crippen LogP contribution in [0.1, 0.15) is 69.0 Å². The summed E-state index contributed by atoms with van der Waals surface area (Å²) in [5, 5.41) is 9.37. The highest BCUT2D eigenvalue weighted by Crippen LogP contribution is 2.50. The van der Waals surface area contributed by atoms with Crippen molar-refractivity contribution in [3.8, 4) is 28.4 Å². The molecular weight excluding hydrogens is 550 g/mol. The Morgan fingerprint density at radius 3 is 2.42 bits per heavy atom. The average Bonchev–Trinajstić information content (AvgIpc) is 3.25. The summed E-state index contributed by atoms with van der Waals surface area (Å²) < 4.78 is 22.5. The molecule has 0 saturated carbocycles. The van der Waals surface area contributed by atoms with E-state index < -0.39 is 0 Å². The second kappa shape index (κ2) is 15.6. The lowest BCUT2D eigenvalue weighted by molar-refractivity contribution is -0.121. The second-order valence-electron chi connectivity index (χ2n) is 11.2. The van der Waals surface area contributed by atoms with Crippen LogP contribution in [0.3, 0.4) is 0 Å². The Morgan fingerprint density at radius 1 is 0.953 bits per heavy atom. The molecule has 2 aromatic rings. The zero-order valence-corrected chi connectivity index (χ0v) is 25.8. The summed E-state index contributed by atoms with van der Waals surface area (Å²) in [7, 11) is 4.73. The van der Waals surface area contributed by atoms with Gasteiger partial charge in [0.25, 0.3) is 0 Å².